The molecular weight excluding hydrogens is 232 g/mol. The molecule has 1 saturated carbocycles. The largest absolute Gasteiger partial charge is 0.327 e. The first-order chi connectivity index (χ1) is 8.49. The zero-order valence-electron chi connectivity index (χ0n) is 11.0. The minimum Gasteiger partial charge on any atom is -0.327 e. The van der Waals surface area contributed by atoms with Gasteiger partial charge in [0.2, 0.25) is 0 Å². The van der Waals surface area contributed by atoms with Gasteiger partial charge >= 0.3 is 0 Å². The molecule has 0 bridgehead atoms. The molecule has 3 unspecified atom stereocenters. The van der Waals surface area contributed by atoms with Crippen LogP contribution >= 0.6 is 0 Å². The van der Waals surface area contributed by atoms with E-state index in [1.807, 2.05) is 0 Å². The molecule has 1 aromatic carbocycles. The molecule has 0 aromatic heterocycles. The van der Waals surface area contributed by atoms with Gasteiger partial charge in [0.1, 0.15) is 0 Å². The van der Waals surface area contributed by atoms with Crippen molar-refractivity contribution in [3.8, 4) is 0 Å². The smallest absolute Gasteiger partial charge is 0.159 e. The monoisotopic (exact) mass is 253 g/mol. The molecule has 2 rings (SSSR count). The minimum atomic E-state index is -0.788. The van der Waals surface area contributed by atoms with E-state index in [0.29, 0.717) is 11.8 Å². The second-order valence-electron chi connectivity index (χ2n) is 5.76. The Bertz CT molecular complexity index is 417. The maximum Gasteiger partial charge on any atom is 0.159 e. The second-order valence-corrected chi connectivity index (χ2v) is 5.76. The molecule has 0 radical (unpaired) electrons. The van der Waals surface area contributed by atoms with E-state index in [1.165, 1.54) is 12.1 Å². The molecule has 2 N–H and O–H groups in total. The Hall–Kier alpha value is -0.960. The van der Waals surface area contributed by atoms with Crippen LogP contribution in [-0.2, 0) is 0 Å². The van der Waals surface area contributed by atoms with Crippen molar-refractivity contribution < 1.29 is 8.78 Å². The molecule has 1 nitrogen and oxygen atoms in total. The third-order valence-corrected chi connectivity index (χ3v) is 4.26. The fourth-order valence-corrected chi connectivity index (χ4v) is 2.96. The Morgan fingerprint density at radius 1 is 1.17 bits per heavy atom. The van der Waals surface area contributed by atoms with Gasteiger partial charge in [-0.1, -0.05) is 19.9 Å². The van der Waals surface area contributed by atoms with Crippen LogP contribution in [0.15, 0.2) is 18.2 Å². The normalized spacial score (nSPS) is 28.7. The molecule has 100 valence electrons. The molecule has 0 aliphatic heterocycles. The van der Waals surface area contributed by atoms with Crippen LogP contribution in [0.1, 0.15) is 44.6 Å². The Morgan fingerprint density at radius 2 is 1.89 bits per heavy atom. The third-order valence-electron chi connectivity index (χ3n) is 4.26. The van der Waals surface area contributed by atoms with Crippen molar-refractivity contribution in [3.05, 3.63) is 35.4 Å². The maximum absolute atomic E-state index is 13.3. The van der Waals surface area contributed by atoms with Gasteiger partial charge < -0.3 is 5.73 Å². The highest BCUT2D eigenvalue weighted by Gasteiger charge is 2.31. The lowest BCUT2D eigenvalue weighted by molar-refractivity contribution is 0.232. The zero-order chi connectivity index (χ0) is 13.3. The second kappa shape index (κ2) is 5.35. The van der Waals surface area contributed by atoms with Crippen LogP contribution < -0.4 is 5.73 Å². The molecule has 1 aliphatic carbocycles. The fourth-order valence-electron chi connectivity index (χ4n) is 2.96. The van der Waals surface area contributed by atoms with Gasteiger partial charge in [-0.15, -0.1) is 0 Å². The zero-order valence-corrected chi connectivity index (χ0v) is 11.0. The summed E-state index contributed by atoms with van der Waals surface area (Å²) < 4.78 is 26.3. The Balaban J connectivity index is 2.21. The lowest BCUT2D eigenvalue weighted by atomic mass is 9.71. The number of rotatable bonds is 2. The number of halogens is 2. The summed E-state index contributed by atoms with van der Waals surface area (Å²) in [5.74, 6) is -0.163. The topological polar surface area (TPSA) is 26.0 Å². The van der Waals surface area contributed by atoms with E-state index in [-0.39, 0.29) is 12.0 Å². The van der Waals surface area contributed by atoms with Crippen LogP contribution in [0.4, 0.5) is 8.78 Å². The third kappa shape index (κ3) is 2.72. The highest BCUT2D eigenvalue weighted by atomic mass is 19.2. The van der Waals surface area contributed by atoms with Gasteiger partial charge in [0.05, 0.1) is 0 Å². The number of benzene rings is 1. The van der Waals surface area contributed by atoms with Crippen LogP contribution in [0.2, 0.25) is 0 Å². The van der Waals surface area contributed by atoms with E-state index in [9.17, 15) is 8.78 Å². The highest BCUT2D eigenvalue weighted by molar-refractivity contribution is 5.24. The van der Waals surface area contributed by atoms with E-state index in [2.05, 4.69) is 13.8 Å². The number of hydrogen-bond donors (Lipinski definition) is 1. The van der Waals surface area contributed by atoms with Gasteiger partial charge in [0.15, 0.2) is 11.6 Å². The summed E-state index contributed by atoms with van der Waals surface area (Å²) in [7, 11) is 0. The summed E-state index contributed by atoms with van der Waals surface area (Å²) in [5.41, 5.74) is 6.98. The summed E-state index contributed by atoms with van der Waals surface area (Å²) in [4.78, 5) is 0. The van der Waals surface area contributed by atoms with E-state index in [4.69, 9.17) is 5.73 Å². The maximum atomic E-state index is 13.3. The summed E-state index contributed by atoms with van der Waals surface area (Å²) in [6, 6.07) is 4.25. The quantitative estimate of drug-likeness (QED) is 0.851. The van der Waals surface area contributed by atoms with Crippen LogP contribution in [0.5, 0.6) is 0 Å². The lowest BCUT2D eigenvalue weighted by Crippen LogP contribution is -2.36. The molecule has 3 heteroatoms. The molecule has 0 heterocycles. The molecule has 0 spiro atoms. The molecule has 1 aliphatic rings. The Morgan fingerprint density at radius 3 is 2.50 bits per heavy atom. The Labute approximate surface area is 107 Å². The van der Waals surface area contributed by atoms with Crippen molar-refractivity contribution in [2.24, 2.45) is 17.6 Å². The van der Waals surface area contributed by atoms with Gasteiger partial charge in [-0.05, 0) is 54.7 Å². The van der Waals surface area contributed by atoms with Crippen molar-refractivity contribution in [1.82, 2.24) is 0 Å². The van der Waals surface area contributed by atoms with Gasteiger partial charge in [0, 0.05) is 6.04 Å². The first-order valence-corrected chi connectivity index (χ1v) is 6.69. The van der Waals surface area contributed by atoms with Crippen LogP contribution in [0, 0.1) is 23.5 Å². The van der Waals surface area contributed by atoms with Crippen molar-refractivity contribution in [3.63, 3.8) is 0 Å². The number of hydrogen-bond acceptors (Lipinski definition) is 1. The molecule has 0 amide bonds. The average molecular weight is 253 g/mol. The van der Waals surface area contributed by atoms with E-state index >= 15 is 0 Å². The van der Waals surface area contributed by atoms with Crippen molar-refractivity contribution in [2.75, 3.05) is 0 Å². The van der Waals surface area contributed by atoms with Crippen molar-refractivity contribution in [2.45, 2.75) is 45.1 Å². The molecule has 18 heavy (non-hydrogen) atoms. The van der Waals surface area contributed by atoms with Gasteiger partial charge in [0.25, 0.3) is 0 Å². The van der Waals surface area contributed by atoms with Gasteiger partial charge in [-0.2, -0.15) is 0 Å². The highest BCUT2D eigenvalue weighted by Crippen LogP contribution is 2.38. The first kappa shape index (κ1) is 13.5. The van der Waals surface area contributed by atoms with E-state index in [1.54, 1.807) is 6.07 Å². The number of nitrogens with two attached hydrogens (primary N) is 1. The SMILES string of the molecule is CC(C)C1CCC(N)C(c2ccc(F)c(F)c2)C1. The lowest BCUT2D eigenvalue weighted by Gasteiger charge is -2.36. The average Bonchev–Trinajstić information content (AvgIpc) is 2.33. The minimum absolute atomic E-state index is 0.0601. The summed E-state index contributed by atoms with van der Waals surface area (Å²) in [5, 5.41) is 0. The molecule has 1 aromatic rings. The molecular formula is C15H21F2N. The standard InChI is InChI=1S/C15H21F2N/c1-9(2)10-4-6-15(18)12(7-10)11-3-5-13(16)14(17)8-11/h3,5,8-10,12,15H,4,6-7,18H2,1-2H3. The van der Waals surface area contributed by atoms with Crippen LogP contribution in [0.3, 0.4) is 0 Å². The first-order valence-electron chi connectivity index (χ1n) is 6.69. The molecule has 1 fully saturated rings. The summed E-state index contributed by atoms with van der Waals surface area (Å²) in [6.07, 6.45) is 3.08. The van der Waals surface area contributed by atoms with E-state index in [0.717, 1.165) is 24.8 Å². The fraction of sp³-hybridized carbons (Fsp3) is 0.600. The van der Waals surface area contributed by atoms with Gasteiger partial charge in [-0.3, -0.25) is 0 Å². The van der Waals surface area contributed by atoms with Crippen molar-refractivity contribution in [1.29, 1.82) is 0 Å². The van der Waals surface area contributed by atoms with Crippen LogP contribution in [0.25, 0.3) is 0 Å². The predicted octanol–water partition coefficient (Wildman–Crippen LogP) is 3.83. The Kier molecular flexibility index (Phi) is 4.00. The molecule has 3 atom stereocenters. The van der Waals surface area contributed by atoms with E-state index < -0.39 is 11.6 Å². The van der Waals surface area contributed by atoms with Crippen LogP contribution in [-0.4, -0.2) is 6.04 Å². The predicted molar refractivity (Wildman–Crippen MR) is 69.3 cm³/mol. The van der Waals surface area contributed by atoms with Gasteiger partial charge in [-0.25, -0.2) is 8.78 Å². The summed E-state index contributed by atoms with van der Waals surface area (Å²) in [6.45, 7) is 4.42. The summed E-state index contributed by atoms with van der Waals surface area (Å²) >= 11 is 0. The van der Waals surface area contributed by atoms with Crippen molar-refractivity contribution >= 4 is 0 Å². The molecule has 0 saturated heterocycles.